The molecule has 0 amide bonds. The van der Waals surface area contributed by atoms with Gasteiger partial charge >= 0.3 is 0 Å². The van der Waals surface area contributed by atoms with Crippen molar-refractivity contribution in [1.82, 2.24) is 5.32 Å². The average molecular weight is 218 g/mol. The molecule has 0 spiro atoms. The summed E-state index contributed by atoms with van der Waals surface area (Å²) in [5.74, 6) is 1.71. The zero-order chi connectivity index (χ0) is 11.0. The molecule has 0 saturated carbocycles. The van der Waals surface area contributed by atoms with E-state index in [4.69, 9.17) is 4.74 Å². The van der Waals surface area contributed by atoms with Gasteiger partial charge in [0, 0.05) is 13.6 Å². The van der Waals surface area contributed by atoms with Gasteiger partial charge in [0.25, 0.3) is 0 Å². The minimum atomic E-state index is 0.681. The van der Waals surface area contributed by atoms with E-state index in [1.165, 1.54) is 17.7 Å². The monoisotopic (exact) mass is 218 g/mol. The SMILES string of the molecule is CN1CCOc2ccc(C3CCNC3)cc21. The quantitative estimate of drug-likeness (QED) is 0.774. The molecule has 3 rings (SSSR count). The number of ether oxygens (including phenoxy) is 1. The molecule has 1 saturated heterocycles. The lowest BCUT2D eigenvalue weighted by molar-refractivity contribution is 0.311. The summed E-state index contributed by atoms with van der Waals surface area (Å²) in [6.07, 6.45) is 1.25. The summed E-state index contributed by atoms with van der Waals surface area (Å²) in [6.45, 7) is 4.05. The van der Waals surface area contributed by atoms with Crippen LogP contribution in [0.25, 0.3) is 0 Å². The van der Waals surface area contributed by atoms with Crippen LogP contribution >= 0.6 is 0 Å². The second-order valence-corrected chi connectivity index (χ2v) is 4.69. The second-order valence-electron chi connectivity index (χ2n) is 4.69. The van der Waals surface area contributed by atoms with Gasteiger partial charge in [0.15, 0.2) is 0 Å². The molecule has 1 atom stereocenters. The number of hydrogen-bond donors (Lipinski definition) is 1. The molecule has 0 bridgehead atoms. The highest BCUT2D eigenvalue weighted by molar-refractivity contribution is 5.61. The maximum Gasteiger partial charge on any atom is 0.142 e. The Kier molecular flexibility index (Phi) is 2.48. The zero-order valence-corrected chi connectivity index (χ0v) is 9.70. The van der Waals surface area contributed by atoms with Crippen molar-refractivity contribution in [3.8, 4) is 5.75 Å². The Morgan fingerprint density at radius 1 is 1.44 bits per heavy atom. The van der Waals surface area contributed by atoms with Crippen LogP contribution in [0.3, 0.4) is 0 Å². The van der Waals surface area contributed by atoms with Crippen LogP contribution in [0, 0.1) is 0 Å². The molecule has 1 fully saturated rings. The Labute approximate surface area is 96.4 Å². The topological polar surface area (TPSA) is 24.5 Å². The number of likely N-dealkylation sites (N-methyl/N-ethyl adjacent to an activating group) is 1. The molecule has 0 aliphatic carbocycles. The fourth-order valence-corrected chi connectivity index (χ4v) is 2.56. The van der Waals surface area contributed by atoms with Crippen LogP contribution < -0.4 is 15.0 Å². The molecular weight excluding hydrogens is 200 g/mol. The summed E-state index contributed by atoms with van der Waals surface area (Å²) in [5.41, 5.74) is 2.69. The summed E-state index contributed by atoms with van der Waals surface area (Å²) in [6, 6.07) is 6.64. The van der Waals surface area contributed by atoms with Gasteiger partial charge in [0.1, 0.15) is 12.4 Å². The summed E-state index contributed by atoms with van der Waals surface area (Å²) < 4.78 is 5.65. The molecule has 2 aliphatic heterocycles. The number of fused-ring (bicyclic) bond motifs is 1. The van der Waals surface area contributed by atoms with E-state index in [2.05, 4.69) is 35.5 Å². The van der Waals surface area contributed by atoms with E-state index < -0.39 is 0 Å². The highest BCUT2D eigenvalue weighted by Crippen LogP contribution is 2.34. The number of rotatable bonds is 1. The van der Waals surface area contributed by atoms with Crippen molar-refractivity contribution >= 4 is 5.69 Å². The van der Waals surface area contributed by atoms with Crippen molar-refractivity contribution in [1.29, 1.82) is 0 Å². The van der Waals surface area contributed by atoms with Crippen molar-refractivity contribution in [2.24, 2.45) is 0 Å². The standard InChI is InChI=1S/C13H18N2O/c1-15-6-7-16-13-3-2-10(8-12(13)15)11-4-5-14-9-11/h2-3,8,11,14H,4-7,9H2,1H3. The Morgan fingerprint density at radius 3 is 3.19 bits per heavy atom. The van der Waals surface area contributed by atoms with Gasteiger partial charge in [-0.15, -0.1) is 0 Å². The van der Waals surface area contributed by atoms with Gasteiger partial charge in [0.05, 0.1) is 12.2 Å². The van der Waals surface area contributed by atoms with Crippen LogP contribution in [0.2, 0.25) is 0 Å². The molecular formula is C13H18N2O. The largest absolute Gasteiger partial charge is 0.490 e. The van der Waals surface area contributed by atoms with Gasteiger partial charge in [-0.2, -0.15) is 0 Å². The first-order valence-electron chi connectivity index (χ1n) is 6.03. The molecule has 2 heterocycles. The Bertz CT molecular complexity index is 386. The van der Waals surface area contributed by atoms with Crippen molar-refractivity contribution in [2.75, 3.05) is 38.2 Å². The fraction of sp³-hybridized carbons (Fsp3) is 0.538. The zero-order valence-electron chi connectivity index (χ0n) is 9.70. The van der Waals surface area contributed by atoms with Crippen LogP contribution in [-0.4, -0.2) is 33.3 Å². The predicted octanol–water partition coefficient (Wildman–Crippen LogP) is 1.59. The second kappa shape index (κ2) is 3.98. The maximum atomic E-state index is 5.65. The molecule has 86 valence electrons. The minimum absolute atomic E-state index is 0.681. The first kappa shape index (κ1) is 9.97. The first-order valence-corrected chi connectivity index (χ1v) is 6.03. The minimum Gasteiger partial charge on any atom is -0.490 e. The smallest absolute Gasteiger partial charge is 0.142 e. The van der Waals surface area contributed by atoms with Crippen molar-refractivity contribution in [3.05, 3.63) is 23.8 Å². The fourth-order valence-electron chi connectivity index (χ4n) is 2.56. The van der Waals surface area contributed by atoms with E-state index in [0.29, 0.717) is 5.92 Å². The molecule has 0 radical (unpaired) electrons. The van der Waals surface area contributed by atoms with Crippen molar-refractivity contribution in [3.63, 3.8) is 0 Å². The normalized spacial score (nSPS) is 24.1. The van der Waals surface area contributed by atoms with Gasteiger partial charge in [-0.1, -0.05) is 6.07 Å². The van der Waals surface area contributed by atoms with Crippen LogP contribution in [0.15, 0.2) is 18.2 Å². The van der Waals surface area contributed by atoms with Crippen LogP contribution in [-0.2, 0) is 0 Å². The van der Waals surface area contributed by atoms with E-state index in [1.807, 2.05) is 0 Å². The summed E-state index contributed by atoms with van der Waals surface area (Å²) >= 11 is 0. The molecule has 2 aliphatic rings. The van der Waals surface area contributed by atoms with Gasteiger partial charge < -0.3 is 15.0 Å². The van der Waals surface area contributed by atoms with Crippen LogP contribution in [0.5, 0.6) is 5.75 Å². The molecule has 1 N–H and O–H groups in total. The van der Waals surface area contributed by atoms with Gasteiger partial charge in [-0.05, 0) is 36.6 Å². The van der Waals surface area contributed by atoms with E-state index in [9.17, 15) is 0 Å². The average Bonchev–Trinajstić information content (AvgIpc) is 2.83. The first-order chi connectivity index (χ1) is 7.84. The molecule has 1 aromatic carbocycles. The maximum absolute atomic E-state index is 5.65. The number of nitrogens with zero attached hydrogens (tertiary/aromatic N) is 1. The number of nitrogens with one attached hydrogen (secondary N) is 1. The Morgan fingerprint density at radius 2 is 2.38 bits per heavy atom. The third kappa shape index (κ3) is 1.65. The van der Waals surface area contributed by atoms with Gasteiger partial charge in [-0.3, -0.25) is 0 Å². The summed E-state index contributed by atoms with van der Waals surface area (Å²) in [7, 11) is 2.14. The molecule has 0 aromatic heterocycles. The lowest BCUT2D eigenvalue weighted by Gasteiger charge is -2.28. The third-order valence-electron chi connectivity index (χ3n) is 3.61. The summed E-state index contributed by atoms with van der Waals surface area (Å²) in [5, 5.41) is 3.42. The van der Waals surface area contributed by atoms with E-state index in [0.717, 1.165) is 32.0 Å². The van der Waals surface area contributed by atoms with Crippen molar-refractivity contribution in [2.45, 2.75) is 12.3 Å². The lowest BCUT2D eigenvalue weighted by Crippen LogP contribution is -2.28. The Hall–Kier alpha value is -1.22. The van der Waals surface area contributed by atoms with Gasteiger partial charge in [0.2, 0.25) is 0 Å². The molecule has 16 heavy (non-hydrogen) atoms. The van der Waals surface area contributed by atoms with E-state index in [1.54, 1.807) is 0 Å². The van der Waals surface area contributed by atoms with E-state index in [-0.39, 0.29) is 0 Å². The van der Waals surface area contributed by atoms with Crippen LogP contribution in [0.1, 0.15) is 17.9 Å². The number of benzene rings is 1. The van der Waals surface area contributed by atoms with Gasteiger partial charge in [-0.25, -0.2) is 0 Å². The Balaban J connectivity index is 1.93. The molecule has 1 aromatic rings. The summed E-state index contributed by atoms with van der Waals surface area (Å²) in [4.78, 5) is 2.28. The lowest BCUT2D eigenvalue weighted by atomic mass is 9.97. The third-order valence-corrected chi connectivity index (χ3v) is 3.61. The molecule has 3 nitrogen and oxygen atoms in total. The number of hydrogen-bond acceptors (Lipinski definition) is 3. The van der Waals surface area contributed by atoms with Crippen LogP contribution in [0.4, 0.5) is 5.69 Å². The molecule has 3 heteroatoms. The number of anilines is 1. The highest BCUT2D eigenvalue weighted by Gasteiger charge is 2.20. The van der Waals surface area contributed by atoms with E-state index >= 15 is 0 Å². The highest BCUT2D eigenvalue weighted by atomic mass is 16.5. The molecule has 1 unspecified atom stereocenters. The van der Waals surface area contributed by atoms with Crippen molar-refractivity contribution < 1.29 is 4.74 Å². The predicted molar refractivity (Wildman–Crippen MR) is 65.4 cm³/mol.